The molecule has 0 unspecified atom stereocenters. The van der Waals surface area contributed by atoms with E-state index in [-0.39, 0.29) is 5.91 Å². The lowest BCUT2D eigenvalue weighted by Gasteiger charge is -2.04. The number of benzene rings is 2. The molecule has 0 bridgehead atoms. The van der Waals surface area contributed by atoms with Crippen molar-refractivity contribution in [3.8, 4) is 0 Å². The molecule has 1 heterocycles. The molecule has 0 radical (unpaired) electrons. The third-order valence-electron chi connectivity index (χ3n) is 3.58. The highest BCUT2D eigenvalue weighted by Gasteiger charge is 2.09. The van der Waals surface area contributed by atoms with Crippen molar-refractivity contribution in [1.29, 1.82) is 0 Å². The molecule has 2 aromatic carbocycles. The van der Waals surface area contributed by atoms with Crippen molar-refractivity contribution in [2.24, 2.45) is 4.99 Å². The van der Waals surface area contributed by atoms with Crippen molar-refractivity contribution in [2.75, 3.05) is 12.0 Å². The van der Waals surface area contributed by atoms with Gasteiger partial charge in [0.25, 0.3) is 5.91 Å². The number of hydrogen-bond acceptors (Lipinski definition) is 3. The Labute approximate surface area is 143 Å². The Bertz CT molecular complexity index is 894. The van der Waals surface area contributed by atoms with Crippen LogP contribution in [0.25, 0.3) is 10.2 Å². The molecule has 0 aliphatic rings. The Morgan fingerprint density at radius 1 is 1.22 bits per heavy atom. The maximum absolute atomic E-state index is 12.4. The van der Waals surface area contributed by atoms with Crippen LogP contribution in [0.1, 0.15) is 15.9 Å². The minimum atomic E-state index is -0.188. The van der Waals surface area contributed by atoms with Crippen LogP contribution in [0.4, 0.5) is 0 Å². The summed E-state index contributed by atoms with van der Waals surface area (Å²) in [6, 6.07) is 15.6. The number of nitrogens with zero attached hydrogens (tertiary/aromatic N) is 2. The molecule has 3 rings (SSSR count). The van der Waals surface area contributed by atoms with Crippen LogP contribution in [0.2, 0.25) is 0 Å². The number of rotatable bonds is 4. The molecule has 3 aromatic rings. The van der Waals surface area contributed by atoms with Gasteiger partial charge < -0.3 is 4.57 Å². The van der Waals surface area contributed by atoms with Gasteiger partial charge in [0.2, 0.25) is 0 Å². The van der Waals surface area contributed by atoms with Crippen LogP contribution in [0.3, 0.4) is 0 Å². The maximum Gasteiger partial charge on any atom is 0.279 e. The molecule has 0 aliphatic heterocycles. The molecule has 5 heteroatoms. The summed E-state index contributed by atoms with van der Waals surface area (Å²) in [6.07, 6.45) is 2.09. The summed E-state index contributed by atoms with van der Waals surface area (Å²) in [4.78, 5) is 17.6. The minimum Gasteiger partial charge on any atom is -0.316 e. The van der Waals surface area contributed by atoms with E-state index in [4.69, 9.17) is 0 Å². The van der Waals surface area contributed by atoms with Gasteiger partial charge in [-0.25, -0.2) is 0 Å². The molecule has 118 valence electrons. The zero-order valence-corrected chi connectivity index (χ0v) is 14.8. The largest absolute Gasteiger partial charge is 0.316 e. The SMILES string of the molecule is CSCCn1c(=NC(=O)c2ccccc2)sc2cc(C)ccc21. The number of hydrogen-bond donors (Lipinski definition) is 0. The number of fused-ring (bicyclic) bond motifs is 1. The highest BCUT2D eigenvalue weighted by Crippen LogP contribution is 2.19. The number of thiazole rings is 1. The van der Waals surface area contributed by atoms with E-state index < -0.39 is 0 Å². The Morgan fingerprint density at radius 2 is 2.00 bits per heavy atom. The van der Waals surface area contributed by atoms with Gasteiger partial charge in [0.05, 0.1) is 10.2 Å². The maximum atomic E-state index is 12.4. The molecule has 0 aliphatic carbocycles. The summed E-state index contributed by atoms with van der Waals surface area (Å²) in [6.45, 7) is 2.93. The number of aromatic nitrogens is 1. The highest BCUT2D eigenvalue weighted by molar-refractivity contribution is 7.98. The first-order valence-corrected chi connectivity index (χ1v) is 9.63. The fourth-order valence-electron chi connectivity index (χ4n) is 2.40. The fourth-order valence-corrected chi connectivity index (χ4v) is 3.91. The van der Waals surface area contributed by atoms with Gasteiger partial charge in [-0.05, 0) is 43.0 Å². The Kier molecular flexibility index (Phi) is 4.98. The van der Waals surface area contributed by atoms with E-state index in [1.807, 2.05) is 18.2 Å². The lowest BCUT2D eigenvalue weighted by molar-refractivity contribution is 0.0998. The lowest BCUT2D eigenvalue weighted by atomic mass is 10.2. The van der Waals surface area contributed by atoms with Crippen LogP contribution in [0.15, 0.2) is 53.5 Å². The van der Waals surface area contributed by atoms with Gasteiger partial charge in [-0.3, -0.25) is 4.79 Å². The van der Waals surface area contributed by atoms with E-state index in [2.05, 4.69) is 40.9 Å². The van der Waals surface area contributed by atoms with Gasteiger partial charge in [0.15, 0.2) is 4.80 Å². The molecule has 23 heavy (non-hydrogen) atoms. The van der Waals surface area contributed by atoms with Crippen LogP contribution in [0.5, 0.6) is 0 Å². The third-order valence-corrected chi connectivity index (χ3v) is 5.21. The standard InChI is InChI=1S/C18H18N2OS2/c1-13-8-9-15-16(12-13)23-18(20(15)10-11-22-2)19-17(21)14-6-4-3-5-7-14/h3-9,12H,10-11H2,1-2H3. The Morgan fingerprint density at radius 3 is 2.74 bits per heavy atom. The van der Waals surface area contributed by atoms with Crippen molar-refractivity contribution in [3.05, 3.63) is 64.5 Å². The van der Waals surface area contributed by atoms with E-state index in [1.165, 1.54) is 10.3 Å². The average Bonchev–Trinajstić information content (AvgIpc) is 2.89. The minimum absolute atomic E-state index is 0.188. The number of carbonyl (C=O) groups excluding carboxylic acids is 1. The molecular weight excluding hydrogens is 324 g/mol. The number of amides is 1. The molecular formula is C18H18N2OS2. The first-order valence-electron chi connectivity index (χ1n) is 7.42. The van der Waals surface area contributed by atoms with Gasteiger partial charge in [-0.1, -0.05) is 35.6 Å². The molecule has 0 spiro atoms. The quantitative estimate of drug-likeness (QED) is 0.715. The molecule has 0 N–H and O–H groups in total. The average molecular weight is 342 g/mol. The van der Waals surface area contributed by atoms with Crippen molar-refractivity contribution >= 4 is 39.2 Å². The van der Waals surface area contributed by atoms with Crippen LogP contribution < -0.4 is 4.80 Å². The van der Waals surface area contributed by atoms with Crippen molar-refractivity contribution in [3.63, 3.8) is 0 Å². The first-order chi connectivity index (χ1) is 11.2. The predicted molar refractivity (Wildman–Crippen MR) is 99.3 cm³/mol. The summed E-state index contributed by atoms with van der Waals surface area (Å²) in [5.41, 5.74) is 2.99. The second-order valence-electron chi connectivity index (χ2n) is 5.28. The number of thioether (sulfide) groups is 1. The second kappa shape index (κ2) is 7.15. The summed E-state index contributed by atoms with van der Waals surface area (Å²) in [7, 11) is 0. The van der Waals surface area contributed by atoms with E-state index >= 15 is 0 Å². The van der Waals surface area contributed by atoms with Crippen molar-refractivity contribution in [1.82, 2.24) is 4.57 Å². The van der Waals surface area contributed by atoms with Crippen LogP contribution in [-0.4, -0.2) is 22.5 Å². The van der Waals surface area contributed by atoms with E-state index in [9.17, 15) is 4.79 Å². The summed E-state index contributed by atoms with van der Waals surface area (Å²) < 4.78 is 3.32. The van der Waals surface area contributed by atoms with Gasteiger partial charge >= 0.3 is 0 Å². The number of carbonyl (C=O) groups is 1. The van der Waals surface area contributed by atoms with Crippen molar-refractivity contribution < 1.29 is 4.79 Å². The normalized spacial score (nSPS) is 12.0. The van der Waals surface area contributed by atoms with Gasteiger partial charge in [0.1, 0.15) is 0 Å². The summed E-state index contributed by atoms with van der Waals surface area (Å²) in [5.74, 6) is 0.804. The lowest BCUT2D eigenvalue weighted by Crippen LogP contribution is -2.18. The summed E-state index contributed by atoms with van der Waals surface area (Å²) in [5, 5.41) is 0. The Balaban J connectivity index is 2.11. The van der Waals surface area contributed by atoms with Gasteiger partial charge in [0, 0.05) is 17.9 Å². The molecule has 3 nitrogen and oxygen atoms in total. The summed E-state index contributed by atoms with van der Waals surface area (Å²) >= 11 is 3.37. The number of aryl methyl sites for hydroxylation is 2. The van der Waals surface area contributed by atoms with Gasteiger partial charge in [-0.2, -0.15) is 16.8 Å². The van der Waals surface area contributed by atoms with Crippen LogP contribution in [0, 0.1) is 6.92 Å². The van der Waals surface area contributed by atoms with Gasteiger partial charge in [-0.15, -0.1) is 0 Å². The molecule has 0 saturated heterocycles. The molecule has 1 aromatic heterocycles. The smallest absolute Gasteiger partial charge is 0.279 e. The molecule has 0 fully saturated rings. The monoisotopic (exact) mass is 342 g/mol. The predicted octanol–water partition coefficient (Wildman–Crippen LogP) is 4.12. The van der Waals surface area contributed by atoms with Crippen LogP contribution in [-0.2, 0) is 6.54 Å². The second-order valence-corrected chi connectivity index (χ2v) is 7.28. The molecule has 0 saturated carbocycles. The Hall–Kier alpha value is -1.85. The molecule has 1 amide bonds. The third kappa shape index (κ3) is 3.57. The highest BCUT2D eigenvalue weighted by atomic mass is 32.2. The van der Waals surface area contributed by atoms with E-state index in [0.29, 0.717) is 5.56 Å². The fraction of sp³-hybridized carbons (Fsp3) is 0.222. The topological polar surface area (TPSA) is 34.4 Å². The van der Waals surface area contributed by atoms with E-state index in [1.54, 1.807) is 35.2 Å². The van der Waals surface area contributed by atoms with Crippen molar-refractivity contribution in [2.45, 2.75) is 13.5 Å². The van der Waals surface area contributed by atoms with E-state index in [0.717, 1.165) is 22.6 Å². The first kappa shape index (κ1) is 16.0. The van der Waals surface area contributed by atoms with Crippen LogP contribution >= 0.6 is 23.1 Å². The zero-order valence-electron chi connectivity index (χ0n) is 13.2. The molecule has 0 atom stereocenters. The zero-order chi connectivity index (χ0) is 16.2.